The summed E-state index contributed by atoms with van der Waals surface area (Å²) in [7, 11) is -3.31. The highest BCUT2D eigenvalue weighted by Crippen LogP contribution is 2.23. The molecule has 0 aliphatic carbocycles. The van der Waals surface area contributed by atoms with E-state index >= 15 is 0 Å². The van der Waals surface area contributed by atoms with Crippen LogP contribution in [0.1, 0.15) is 5.56 Å². The minimum atomic E-state index is -3.31. The molecule has 0 radical (unpaired) electrons. The first kappa shape index (κ1) is 13.4. The summed E-state index contributed by atoms with van der Waals surface area (Å²) in [6, 6.07) is 6.33. The zero-order valence-corrected chi connectivity index (χ0v) is 11.9. The third-order valence-electron chi connectivity index (χ3n) is 2.57. The van der Waals surface area contributed by atoms with Crippen molar-refractivity contribution in [1.29, 1.82) is 0 Å². The Hall–Kier alpha value is -1.04. The fourth-order valence-electron chi connectivity index (χ4n) is 1.51. The summed E-state index contributed by atoms with van der Waals surface area (Å²) < 4.78 is 24.2. The summed E-state index contributed by atoms with van der Waals surface area (Å²) in [5.41, 5.74) is 6.97. The van der Waals surface area contributed by atoms with Gasteiger partial charge in [0.05, 0.1) is 21.4 Å². The van der Waals surface area contributed by atoms with Crippen molar-refractivity contribution in [3.05, 3.63) is 45.6 Å². The Morgan fingerprint density at radius 1 is 1.28 bits per heavy atom. The lowest BCUT2D eigenvalue weighted by molar-refractivity contribution is 0.595. The molecule has 3 nitrogen and oxygen atoms in total. The van der Waals surface area contributed by atoms with Gasteiger partial charge in [-0.25, -0.2) is 8.42 Å². The standard InChI is InChI=1S/C12H12ClNO2S2/c13-11-7-10(1-2-12(11)14)18(15,16)6-4-9-3-5-17-8-9/h1-3,5,7-8H,4,6,14H2. The first-order chi connectivity index (χ1) is 8.49. The smallest absolute Gasteiger partial charge is 0.178 e. The molecule has 0 unspecified atom stereocenters. The van der Waals surface area contributed by atoms with Crippen LogP contribution < -0.4 is 5.73 Å². The van der Waals surface area contributed by atoms with Crippen LogP contribution in [0.3, 0.4) is 0 Å². The molecule has 0 saturated heterocycles. The number of hydrogen-bond donors (Lipinski definition) is 1. The number of hydrogen-bond acceptors (Lipinski definition) is 4. The summed E-state index contributed by atoms with van der Waals surface area (Å²) in [4.78, 5) is 0.219. The molecule has 1 heterocycles. The van der Waals surface area contributed by atoms with Gasteiger partial charge in [0, 0.05) is 0 Å². The van der Waals surface area contributed by atoms with Gasteiger partial charge < -0.3 is 5.73 Å². The maximum absolute atomic E-state index is 12.1. The maximum Gasteiger partial charge on any atom is 0.178 e. The van der Waals surface area contributed by atoms with Crippen LogP contribution in [0.15, 0.2) is 39.9 Å². The minimum Gasteiger partial charge on any atom is -0.398 e. The molecule has 2 rings (SSSR count). The normalized spacial score (nSPS) is 11.6. The number of halogens is 1. The molecular formula is C12H12ClNO2S2. The average molecular weight is 302 g/mol. The number of nitrogens with two attached hydrogens (primary N) is 1. The minimum absolute atomic E-state index is 0.0734. The zero-order chi connectivity index (χ0) is 13.2. The number of rotatable bonds is 4. The van der Waals surface area contributed by atoms with Gasteiger partial charge in [-0.1, -0.05) is 11.6 Å². The first-order valence-electron chi connectivity index (χ1n) is 5.28. The van der Waals surface area contributed by atoms with E-state index in [1.165, 1.54) is 18.2 Å². The highest BCUT2D eigenvalue weighted by molar-refractivity contribution is 7.91. The fraction of sp³-hybridized carbons (Fsp3) is 0.167. The van der Waals surface area contributed by atoms with E-state index in [9.17, 15) is 8.42 Å². The summed E-state index contributed by atoms with van der Waals surface area (Å²) in [6.45, 7) is 0. The largest absolute Gasteiger partial charge is 0.398 e. The molecule has 0 aliphatic rings. The highest BCUT2D eigenvalue weighted by atomic mass is 35.5. The van der Waals surface area contributed by atoms with E-state index in [0.717, 1.165) is 5.56 Å². The lowest BCUT2D eigenvalue weighted by atomic mass is 10.3. The second-order valence-electron chi connectivity index (χ2n) is 3.88. The van der Waals surface area contributed by atoms with Crippen LogP contribution in [0.2, 0.25) is 5.02 Å². The molecule has 2 aromatic rings. The predicted octanol–water partition coefficient (Wildman–Crippen LogP) is 3.00. The van der Waals surface area contributed by atoms with Crippen LogP contribution in [-0.4, -0.2) is 14.2 Å². The molecule has 1 aromatic carbocycles. The Morgan fingerprint density at radius 2 is 2.06 bits per heavy atom. The van der Waals surface area contributed by atoms with E-state index in [1.54, 1.807) is 11.3 Å². The van der Waals surface area contributed by atoms with Gasteiger partial charge in [0.2, 0.25) is 0 Å². The van der Waals surface area contributed by atoms with Crippen molar-refractivity contribution in [3.63, 3.8) is 0 Å². The molecule has 0 spiro atoms. The van der Waals surface area contributed by atoms with Crippen LogP contribution in [0, 0.1) is 0 Å². The molecule has 0 fully saturated rings. The second-order valence-corrected chi connectivity index (χ2v) is 7.18. The second kappa shape index (κ2) is 5.30. The van der Waals surface area contributed by atoms with Crippen molar-refractivity contribution in [3.8, 4) is 0 Å². The van der Waals surface area contributed by atoms with Crippen LogP contribution in [0.4, 0.5) is 5.69 Å². The van der Waals surface area contributed by atoms with Crippen LogP contribution in [0.5, 0.6) is 0 Å². The maximum atomic E-state index is 12.1. The van der Waals surface area contributed by atoms with Crippen LogP contribution in [0.25, 0.3) is 0 Å². The molecular weight excluding hydrogens is 290 g/mol. The van der Waals surface area contributed by atoms with Gasteiger partial charge >= 0.3 is 0 Å². The SMILES string of the molecule is Nc1ccc(S(=O)(=O)CCc2ccsc2)cc1Cl. The molecule has 2 N–H and O–H groups in total. The number of nitrogen functional groups attached to an aromatic ring is 1. The Balaban J connectivity index is 2.17. The van der Waals surface area contributed by atoms with E-state index in [4.69, 9.17) is 17.3 Å². The van der Waals surface area contributed by atoms with Crippen molar-refractivity contribution in [1.82, 2.24) is 0 Å². The molecule has 0 aliphatic heterocycles. The van der Waals surface area contributed by atoms with E-state index < -0.39 is 9.84 Å². The molecule has 0 saturated carbocycles. The summed E-state index contributed by atoms with van der Waals surface area (Å²) in [6.07, 6.45) is 0.508. The number of benzene rings is 1. The molecule has 0 bridgehead atoms. The quantitative estimate of drug-likeness (QED) is 0.883. The molecule has 96 valence electrons. The van der Waals surface area contributed by atoms with Gasteiger partial charge in [0.1, 0.15) is 0 Å². The van der Waals surface area contributed by atoms with E-state index in [1.807, 2.05) is 16.8 Å². The molecule has 1 aromatic heterocycles. The monoisotopic (exact) mass is 301 g/mol. The average Bonchev–Trinajstić information content (AvgIpc) is 2.83. The third kappa shape index (κ3) is 3.04. The molecule has 0 amide bonds. The Bertz CT molecular complexity index is 636. The van der Waals surface area contributed by atoms with Gasteiger partial charge in [0.15, 0.2) is 9.84 Å². The fourth-order valence-corrected chi connectivity index (χ4v) is 3.77. The Kier molecular flexibility index (Phi) is 3.94. The summed E-state index contributed by atoms with van der Waals surface area (Å²) >= 11 is 7.39. The zero-order valence-electron chi connectivity index (χ0n) is 9.47. The number of anilines is 1. The number of aryl methyl sites for hydroxylation is 1. The Morgan fingerprint density at radius 3 is 2.67 bits per heavy atom. The van der Waals surface area contributed by atoms with Gasteiger partial charge in [-0.2, -0.15) is 11.3 Å². The number of sulfone groups is 1. The molecule has 0 atom stereocenters. The third-order valence-corrected chi connectivity index (χ3v) is 5.34. The highest BCUT2D eigenvalue weighted by Gasteiger charge is 2.15. The van der Waals surface area contributed by atoms with Crippen molar-refractivity contribution in [2.75, 3.05) is 11.5 Å². The topological polar surface area (TPSA) is 60.2 Å². The summed E-state index contributed by atoms with van der Waals surface area (Å²) in [5, 5.41) is 4.15. The van der Waals surface area contributed by atoms with Crippen molar-refractivity contribution >= 4 is 38.5 Å². The van der Waals surface area contributed by atoms with Gasteiger partial charge in [0.25, 0.3) is 0 Å². The Labute approximate surface area is 115 Å². The van der Waals surface area contributed by atoms with Crippen molar-refractivity contribution < 1.29 is 8.42 Å². The van der Waals surface area contributed by atoms with Gasteiger partial charge in [-0.05, 0) is 47.0 Å². The van der Waals surface area contributed by atoms with Crippen LogP contribution >= 0.6 is 22.9 Å². The molecule has 18 heavy (non-hydrogen) atoms. The number of thiophene rings is 1. The lowest BCUT2D eigenvalue weighted by Crippen LogP contribution is -2.09. The molecule has 6 heteroatoms. The van der Waals surface area contributed by atoms with E-state index in [0.29, 0.717) is 12.1 Å². The van der Waals surface area contributed by atoms with Gasteiger partial charge in [-0.15, -0.1) is 0 Å². The van der Waals surface area contributed by atoms with Crippen molar-refractivity contribution in [2.24, 2.45) is 0 Å². The first-order valence-corrected chi connectivity index (χ1v) is 8.25. The van der Waals surface area contributed by atoms with Gasteiger partial charge in [-0.3, -0.25) is 0 Å². The van der Waals surface area contributed by atoms with Crippen molar-refractivity contribution in [2.45, 2.75) is 11.3 Å². The lowest BCUT2D eigenvalue weighted by Gasteiger charge is -2.05. The summed E-state index contributed by atoms with van der Waals surface area (Å²) in [5.74, 6) is 0.0734. The van der Waals surface area contributed by atoms with E-state index in [-0.39, 0.29) is 15.7 Å². The van der Waals surface area contributed by atoms with Crippen LogP contribution in [-0.2, 0) is 16.3 Å². The van der Waals surface area contributed by atoms with E-state index in [2.05, 4.69) is 0 Å². The predicted molar refractivity (Wildman–Crippen MR) is 75.9 cm³/mol.